The lowest BCUT2D eigenvalue weighted by Crippen LogP contribution is -2.34. The molecule has 29 heavy (non-hydrogen) atoms. The second kappa shape index (κ2) is 11.3. The molecule has 2 heterocycles. The van der Waals surface area contributed by atoms with Crippen LogP contribution in [0.1, 0.15) is 68.6 Å². The molecule has 1 aliphatic heterocycles. The van der Waals surface area contributed by atoms with Gasteiger partial charge in [0.15, 0.2) is 0 Å². The normalized spacial score (nSPS) is 19.2. The van der Waals surface area contributed by atoms with Gasteiger partial charge in [-0.3, -0.25) is 4.79 Å². The molecule has 3 nitrogen and oxygen atoms in total. The van der Waals surface area contributed by atoms with E-state index in [1.807, 2.05) is 11.3 Å². The molecule has 4 rings (SSSR count). The van der Waals surface area contributed by atoms with Crippen molar-refractivity contribution in [2.75, 3.05) is 26.2 Å². The van der Waals surface area contributed by atoms with Gasteiger partial charge in [0, 0.05) is 16.1 Å². The van der Waals surface area contributed by atoms with E-state index in [9.17, 15) is 4.79 Å². The average molecular weight is 435 g/mol. The predicted octanol–water partition coefficient (Wildman–Crippen LogP) is 5.98. The van der Waals surface area contributed by atoms with Crippen LogP contribution in [0.25, 0.3) is 10.1 Å². The number of benzene rings is 1. The van der Waals surface area contributed by atoms with Crippen LogP contribution in [0.5, 0.6) is 0 Å². The van der Waals surface area contributed by atoms with E-state index in [-0.39, 0.29) is 24.2 Å². The summed E-state index contributed by atoms with van der Waals surface area (Å²) in [5.74, 6) is 0.808. The number of hydrogen-bond acceptors (Lipinski definition) is 3. The van der Waals surface area contributed by atoms with Gasteiger partial charge in [-0.1, -0.05) is 37.5 Å². The quantitative estimate of drug-likeness (QED) is 0.518. The summed E-state index contributed by atoms with van der Waals surface area (Å²) in [7, 11) is 0. The van der Waals surface area contributed by atoms with E-state index in [0.717, 1.165) is 13.0 Å². The summed E-state index contributed by atoms with van der Waals surface area (Å²) in [6, 6.07) is 10.8. The van der Waals surface area contributed by atoms with Crippen molar-refractivity contribution in [2.45, 2.75) is 63.7 Å². The third-order valence-corrected chi connectivity index (χ3v) is 7.75. The summed E-state index contributed by atoms with van der Waals surface area (Å²) in [5.41, 5.74) is 0. The zero-order valence-electron chi connectivity index (χ0n) is 17.4. The Labute approximate surface area is 185 Å². The van der Waals surface area contributed by atoms with Gasteiger partial charge in [0.25, 0.3) is 0 Å². The molecule has 1 N–H and O–H groups in total. The number of thiophene rings is 1. The van der Waals surface area contributed by atoms with Crippen LogP contribution in [0.15, 0.2) is 30.3 Å². The first-order chi connectivity index (χ1) is 13.8. The van der Waals surface area contributed by atoms with Crippen LogP contribution in [-0.4, -0.2) is 37.0 Å². The Kier molecular flexibility index (Phi) is 8.83. The van der Waals surface area contributed by atoms with Crippen LogP contribution in [0.3, 0.4) is 0 Å². The Balaban J connectivity index is 0.00000240. The van der Waals surface area contributed by atoms with Gasteiger partial charge in [0.05, 0.1) is 5.92 Å². The Morgan fingerprint density at radius 1 is 1.07 bits per heavy atom. The van der Waals surface area contributed by atoms with E-state index in [1.54, 1.807) is 0 Å². The highest BCUT2D eigenvalue weighted by molar-refractivity contribution is 7.19. The fourth-order valence-corrected chi connectivity index (χ4v) is 6.24. The number of amides is 1. The number of carbonyl (C=O) groups is 1. The van der Waals surface area contributed by atoms with Gasteiger partial charge in [-0.05, 0) is 81.6 Å². The van der Waals surface area contributed by atoms with Crippen LogP contribution in [0.2, 0.25) is 0 Å². The zero-order chi connectivity index (χ0) is 19.2. The summed E-state index contributed by atoms with van der Waals surface area (Å²) in [5, 5.41) is 4.58. The molecule has 1 saturated carbocycles. The van der Waals surface area contributed by atoms with Gasteiger partial charge >= 0.3 is 0 Å². The Hall–Kier alpha value is -1.10. The van der Waals surface area contributed by atoms with Crippen LogP contribution < -0.4 is 5.32 Å². The van der Waals surface area contributed by atoms with Crippen LogP contribution in [-0.2, 0) is 4.79 Å². The molecule has 1 aromatic heterocycles. The van der Waals surface area contributed by atoms with Crippen LogP contribution in [0.4, 0.5) is 0 Å². The predicted molar refractivity (Wildman–Crippen MR) is 126 cm³/mol. The number of carbonyl (C=O) groups excluding carboxylic acids is 1. The molecule has 1 unspecified atom stereocenters. The van der Waals surface area contributed by atoms with Crippen molar-refractivity contribution < 1.29 is 4.79 Å². The number of unbranched alkanes of at least 4 members (excludes halogenated alkanes) is 1. The van der Waals surface area contributed by atoms with Gasteiger partial charge < -0.3 is 10.2 Å². The van der Waals surface area contributed by atoms with Crippen molar-refractivity contribution >= 4 is 39.7 Å². The monoisotopic (exact) mass is 434 g/mol. The second-order valence-electron chi connectivity index (χ2n) is 8.61. The van der Waals surface area contributed by atoms with E-state index < -0.39 is 0 Å². The number of halogens is 1. The molecule has 2 fully saturated rings. The third-order valence-electron chi connectivity index (χ3n) is 6.55. The molecule has 0 bridgehead atoms. The van der Waals surface area contributed by atoms with Crippen molar-refractivity contribution in [2.24, 2.45) is 5.92 Å². The topological polar surface area (TPSA) is 32.3 Å². The zero-order valence-corrected chi connectivity index (χ0v) is 19.0. The number of hydrogen-bond donors (Lipinski definition) is 1. The number of likely N-dealkylation sites (tertiary alicyclic amines) is 1. The van der Waals surface area contributed by atoms with Crippen LogP contribution >= 0.6 is 23.7 Å². The third kappa shape index (κ3) is 5.96. The van der Waals surface area contributed by atoms with E-state index >= 15 is 0 Å². The Morgan fingerprint density at radius 3 is 2.59 bits per heavy atom. The van der Waals surface area contributed by atoms with Gasteiger partial charge in [0.1, 0.15) is 0 Å². The molecule has 1 atom stereocenters. The first kappa shape index (κ1) is 22.6. The SMILES string of the molecule is Cl.O=C(NCCCCN1CCCC1)C(c1cc2ccccc2s1)C1CCCCC1. The molecule has 1 saturated heterocycles. The molecule has 1 amide bonds. The van der Waals surface area contributed by atoms with Crippen molar-refractivity contribution in [3.63, 3.8) is 0 Å². The smallest absolute Gasteiger partial charge is 0.228 e. The highest BCUT2D eigenvalue weighted by atomic mass is 35.5. The van der Waals surface area contributed by atoms with E-state index in [2.05, 4.69) is 40.5 Å². The molecule has 5 heteroatoms. The van der Waals surface area contributed by atoms with Gasteiger partial charge in [-0.25, -0.2) is 0 Å². The van der Waals surface area contributed by atoms with Crippen molar-refractivity contribution in [1.29, 1.82) is 0 Å². The number of nitrogens with one attached hydrogen (secondary N) is 1. The Bertz CT molecular complexity index is 732. The number of rotatable bonds is 8. The minimum Gasteiger partial charge on any atom is -0.356 e. The average Bonchev–Trinajstić information content (AvgIpc) is 3.38. The lowest BCUT2D eigenvalue weighted by molar-refractivity contribution is -0.124. The minimum atomic E-state index is 0. The summed E-state index contributed by atoms with van der Waals surface area (Å²) in [6.45, 7) is 4.54. The standard InChI is InChI=1S/C24H34N2OS.ClH/c27-24(25-14-6-7-15-26-16-8-9-17-26)23(19-10-2-1-3-11-19)22-18-20-12-4-5-13-21(20)28-22;/h4-5,12-13,18-19,23H,1-3,6-11,14-17H2,(H,25,27);1H. The largest absolute Gasteiger partial charge is 0.356 e. The maximum Gasteiger partial charge on any atom is 0.228 e. The molecular weight excluding hydrogens is 400 g/mol. The lowest BCUT2D eigenvalue weighted by Gasteiger charge is -2.29. The first-order valence-corrected chi connectivity index (χ1v) is 12.1. The number of fused-ring (bicyclic) bond motifs is 1. The summed E-state index contributed by atoms with van der Waals surface area (Å²) >= 11 is 1.82. The van der Waals surface area contributed by atoms with E-state index in [0.29, 0.717) is 5.92 Å². The molecule has 2 aromatic rings. The van der Waals surface area contributed by atoms with E-state index in [1.165, 1.54) is 86.0 Å². The van der Waals surface area contributed by atoms with Crippen LogP contribution in [0, 0.1) is 5.92 Å². The van der Waals surface area contributed by atoms with Gasteiger partial charge in [0.2, 0.25) is 5.91 Å². The lowest BCUT2D eigenvalue weighted by atomic mass is 9.78. The maximum atomic E-state index is 13.2. The molecule has 1 aliphatic carbocycles. The number of nitrogens with zero attached hydrogens (tertiary/aromatic N) is 1. The molecule has 2 aliphatic rings. The first-order valence-electron chi connectivity index (χ1n) is 11.3. The summed E-state index contributed by atoms with van der Waals surface area (Å²) in [6.07, 6.45) is 11.3. The highest BCUT2D eigenvalue weighted by Gasteiger charge is 2.32. The fraction of sp³-hybridized carbons (Fsp3) is 0.625. The van der Waals surface area contributed by atoms with E-state index in [4.69, 9.17) is 0 Å². The fourth-order valence-electron chi connectivity index (χ4n) is 4.99. The van der Waals surface area contributed by atoms with Crippen molar-refractivity contribution in [3.8, 4) is 0 Å². The molecule has 0 spiro atoms. The minimum absolute atomic E-state index is 0. The Morgan fingerprint density at radius 2 is 1.83 bits per heavy atom. The summed E-state index contributed by atoms with van der Waals surface area (Å²) in [4.78, 5) is 17.0. The summed E-state index contributed by atoms with van der Waals surface area (Å²) < 4.78 is 1.30. The van der Waals surface area contributed by atoms with Gasteiger partial charge in [-0.15, -0.1) is 23.7 Å². The molecular formula is C24H35ClN2OS. The maximum absolute atomic E-state index is 13.2. The second-order valence-corrected chi connectivity index (χ2v) is 9.72. The molecule has 0 radical (unpaired) electrons. The van der Waals surface area contributed by atoms with Gasteiger partial charge in [-0.2, -0.15) is 0 Å². The molecule has 160 valence electrons. The van der Waals surface area contributed by atoms with Crippen molar-refractivity contribution in [3.05, 3.63) is 35.2 Å². The van der Waals surface area contributed by atoms with Crippen molar-refractivity contribution in [1.82, 2.24) is 10.2 Å². The molecule has 1 aromatic carbocycles. The highest BCUT2D eigenvalue weighted by Crippen LogP contribution is 2.40.